The Hall–Kier alpha value is -3.00. The van der Waals surface area contributed by atoms with E-state index >= 15 is 0 Å². The van der Waals surface area contributed by atoms with Crippen molar-refractivity contribution in [1.82, 2.24) is 4.98 Å². The number of amides is 2. The van der Waals surface area contributed by atoms with Crippen LogP contribution in [0, 0.1) is 0 Å². The molecular formula is C18H20ClN3O5. The molecular weight excluding hydrogens is 374 g/mol. The fourth-order valence-electron chi connectivity index (χ4n) is 2.24. The highest BCUT2D eigenvalue weighted by atomic mass is 35.5. The first-order valence-electron chi connectivity index (χ1n) is 7.93. The molecule has 9 heteroatoms. The maximum atomic E-state index is 12.0. The van der Waals surface area contributed by atoms with Crippen molar-refractivity contribution in [3.8, 4) is 16.9 Å². The largest absolute Gasteiger partial charge is 0.496 e. The van der Waals surface area contributed by atoms with Crippen LogP contribution in [0.5, 0.6) is 5.75 Å². The quantitative estimate of drug-likeness (QED) is 0.685. The Kier molecular flexibility index (Phi) is 6.12. The lowest BCUT2D eigenvalue weighted by Gasteiger charge is -2.20. The summed E-state index contributed by atoms with van der Waals surface area (Å²) in [4.78, 5) is 27.1. The molecule has 0 radical (unpaired) electrons. The maximum Gasteiger partial charge on any atom is 0.413 e. The van der Waals surface area contributed by atoms with E-state index in [1.54, 1.807) is 45.0 Å². The summed E-state index contributed by atoms with van der Waals surface area (Å²) in [5, 5.41) is 14.1. The van der Waals surface area contributed by atoms with Gasteiger partial charge in [-0.25, -0.2) is 14.6 Å². The number of ether oxygens (including phenoxy) is 2. The smallest absolute Gasteiger partial charge is 0.413 e. The van der Waals surface area contributed by atoms with Crippen molar-refractivity contribution in [2.24, 2.45) is 0 Å². The number of nitrogens with one attached hydrogen (secondary N) is 2. The van der Waals surface area contributed by atoms with E-state index in [1.165, 1.54) is 13.2 Å². The summed E-state index contributed by atoms with van der Waals surface area (Å²) in [7, 11) is 1.50. The van der Waals surface area contributed by atoms with E-state index in [0.717, 1.165) is 0 Å². The molecule has 0 aliphatic carbocycles. The average Bonchev–Trinajstić information content (AvgIpc) is 2.52. The van der Waals surface area contributed by atoms with E-state index in [2.05, 4.69) is 15.6 Å². The number of hydrogen-bond donors (Lipinski definition) is 3. The van der Waals surface area contributed by atoms with Gasteiger partial charge in [0, 0.05) is 10.6 Å². The fraction of sp³-hybridized carbons (Fsp3) is 0.278. The van der Waals surface area contributed by atoms with Gasteiger partial charge in [-0.05, 0) is 56.7 Å². The number of anilines is 2. The molecule has 8 nitrogen and oxygen atoms in total. The molecule has 0 saturated carbocycles. The average molecular weight is 394 g/mol. The van der Waals surface area contributed by atoms with Gasteiger partial charge in [-0.15, -0.1) is 0 Å². The first-order chi connectivity index (χ1) is 12.6. The molecule has 27 heavy (non-hydrogen) atoms. The minimum atomic E-state index is -1.29. The highest BCUT2D eigenvalue weighted by Crippen LogP contribution is 2.34. The molecule has 2 amide bonds. The van der Waals surface area contributed by atoms with Gasteiger partial charge in [0.2, 0.25) is 0 Å². The van der Waals surface area contributed by atoms with Crippen LogP contribution in [-0.4, -0.2) is 35.0 Å². The number of rotatable bonds is 4. The van der Waals surface area contributed by atoms with Crippen LogP contribution < -0.4 is 15.4 Å². The molecule has 0 saturated heterocycles. The molecule has 144 valence electrons. The van der Waals surface area contributed by atoms with E-state index in [-0.39, 0.29) is 11.6 Å². The van der Waals surface area contributed by atoms with E-state index in [1.807, 2.05) is 0 Å². The molecule has 1 heterocycles. The molecule has 0 bridgehead atoms. The summed E-state index contributed by atoms with van der Waals surface area (Å²) in [5.74, 6) is 0.649. The second kappa shape index (κ2) is 8.13. The van der Waals surface area contributed by atoms with Crippen molar-refractivity contribution < 1.29 is 24.2 Å². The van der Waals surface area contributed by atoms with E-state index < -0.39 is 17.8 Å². The Balaban J connectivity index is 2.47. The summed E-state index contributed by atoms with van der Waals surface area (Å²) in [5.41, 5.74) is 0.451. The maximum absolute atomic E-state index is 12.0. The van der Waals surface area contributed by atoms with Crippen molar-refractivity contribution in [2.45, 2.75) is 26.4 Å². The minimum Gasteiger partial charge on any atom is -0.496 e. The zero-order valence-corrected chi connectivity index (χ0v) is 16.0. The Morgan fingerprint density at radius 3 is 2.30 bits per heavy atom. The van der Waals surface area contributed by atoms with Crippen LogP contribution in [0.4, 0.5) is 21.2 Å². The highest BCUT2D eigenvalue weighted by molar-refractivity contribution is 6.31. The van der Waals surface area contributed by atoms with Gasteiger partial charge in [-0.3, -0.25) is 10.6 Å². The van der Waals surface area contributed by atoms with Gasteiger partial charge in [0.1, 0.15) is 23.0 Å². The van der Waals surface area contributed by atoms with Crippen molar-refractivity contribution >= 4 is 35.4 Å². The first kappa shape index (κ1) is 20.3. The molecule has 3 N–H and O–H groups in total. The number of carbonyl (C=O) groups excluding carboxylic acids is 1. The standard InChI is InChI=1S/C18H20ClN3O5/c1-18(2,3)27-17(25)22-15-8-10(7-14(20-15)21-16(23)24)12-9-11(19)5-6-13(12)26-4/h5-9H,1-4H3,(H,23,24)(H2,20,21,22,25). The molecule has 0 aliphatic rings. The van der Waals surface area contributed by atoms with Crippen molar-refractivity contribution in [3.63, 3.8) is 0 Å². The number of methoxy groups -OCH3 is 1. The summed E-state index contributed by atoms with van der Waals surface area (Å²) in [6, 6.07) is 8.08. The molecule has 0 fully saturated rings. The van der Waals surface area contributed by atoms with E-state index in [0.29, 0.717) is 21.9 Å². The fourth-order valence-corrected chi connectivity index (χ4v) is 2.41. The predicted molar refractivity (Wildman–Crippen MR) is 103 cm³/mol. The van der Waals surface area contributed by atoms with Gasteiger partial charge in [-0.1, -0.05) is 11.6 Å². The normalized spacial score (nSPS) is 10.9. The lowest BCUT2D eigenvalue weighted by molar-refractivity contribution is 0.0635. The topological polar surface area (TPSA) is 110 Å². The number of aromatic nitrogens is 1. The summed E-state index contributed by atoms with van der Waals surface area (Å²) in [6.07, 6.45) is -2.01. The second-order valence-electron chi connectivity index (χ2n) is 6.53. The molecule has 1 aromatic carbocycles. The van der Waals surface area contributed by atoms with Crippen LogP contribution in [0.1, 0.15) is 20.8 Å². The Bertz CT molecular complexity index is 865. The van der Waals surface area contributed by atoms with Gasteiger partial charge in [0.25, 0.3) is 0 Å². The minimum absolute atomic E-state index is 0.0214. The molecule has 2 rings (SSSR count). The lowest BCUT2D eigenvalue weighted by Crippen LogP contribution is -2.27. The number of carbonyl (C=O) groups is 2. The zero-order valence-electron chi connectivity index (χ0n) is 15.3. The molecule has 1 aromatic heterocycles. The van der Waals surface area contributed by atoms with Gasteiger partial charge in [-0.2, -0.15) is 0 Å². The van der Waals surface area contributed by atoms with Gasteiger partial charge in [0.15, 0.2) is 0 Å². The van der Waals surface area contributed by atoms with Crippen molar-refractivity contribution in [3.05, 3.63) is 35.4 Å². The summed E-state index contributed by atoms with van der Waals surface area (Å²) < 4.78 is 10.5. The van der Waals surface area contributed by atoms with Crippen LogP contribution in [0.25, 0.3) is 11.1 Å². The van der Waals surface area contributed by atoms with Crippen LogP contribution in [0.15, 0.2) is 30.3 Å². The Morgan fingerprint density at radius 2 is 1.74 bits per heavy atom. The number of hydrogen-bond acceptors (Lipinski definition) is 5. The number of nitrogens with zero attached hydrogens (tertiary/aromatic N) is 1. The molecule has 0 unspecified atom stereocenters. The Labute approximate surface area is 161 Å². The molecule has 0 spiro atoms. The van der Waals surface area contributed by atoms with E-state index in [4.69, 9.17) is 26.2 Å². The van der Waals surface area contributed by atoms with Gasteiger partial charge < -0.3 is 14.6 Å². The van der Waals surface area contributed by atoms with Gasteiger partial charge in [0.05, 0.1) is 7.11 Å². The van der Waals surface area contributed by atoms with Crippen LogP contribution in [0.3, 0.4) is 0 Å². The summed E-state index contributed by atoms with van der Waals surface area (Å²) in [6.45, 7) is 5.18. The monoisotopic (exact) mass is 393 g/mol. The number of benzene rings is 1. The van der Waals surface area contributed by atoms with E-state index in [9.17, 15) is 9.59 Å². The number of halogens is 1. The lowest BCUT2D eigenvalue weighted by atomic mass is 10.1. The SMILES string of the molecule is COc1ccc(Cl)cc1-c1cc(NC(=O)O)nc(NC(=O)OC(C)(C)C)c1. The molecule has 0 atom stereocenters. The first-order valence-corrected chi connectivity index (χ1v) is 8.31. The van der Waals surface area contributed by atoms with Crippen LogP contribution in [-0.2, 0) is 4.74 Å². The van der Waals surface area contributed by atoms with Crippen LogP contribution >= 0.6 is 11.6 Å². The summed E-state index contributed by atoms with van der Waals surface area (Å²) >= 11 is 6.07. The third-order valence-corrected chi connectivity index (χ3v) is 3.40. The van der Waals surface area contributed by atoms with Crippen molar-refractivity contribution in [1.29, 1.82) is 0 Å². The van der Waals surface area contributed by atoms with Crippen LogP contribution in [0.2, 0.25) is 5.02 Å². The third kappa shape index (κ3) is 6.03. The van der Waals surface area contributed by atoms with Crippen molar-refractivity contribution in [2.75, 3.05) is 17.7 Å². The number of carboxylic acid groups (broad SMARTS) is 1. The highest BCUT2D eigenvalue weighted by Gasteiger charge is 2.18. The second-order valence-corrected chi connectivity index (χ2v) is 6.96. The zero-order chi connectivity index (χ0) is 20.2. The number of pyridine rings is 1. The molecule has 0 aliphatic heterocycles. The molecule has 2 aromatic rings. The van der Waals surface area contributed by atoms with Gasteiger partial charge >= 0.3 is 12.2 Å². The third-order valence-electron chi connectivity index (χ3n) is 3.16. The predicted octanol–water partition coefficient (Wildman–Crippen LogP) is 4.85. The Morgan fingerprint density at radius 1 is 1.11 bits per heavy atom.